The van der Waals surface area contributed by atoms with Gasteiger partial charge in [0, 0.05) is 37.8 Å². The highest BCUT2D eigenvalue weighted by molar-refractivity contribution is 5.94. The van der Waals surface area contributed by atoms with Crippen LogP contribution in [0.1, 0.15) is 6.42 Å². The first-order valence-electron chi connectivity index (χ1n) is 11.2. The van der Waals surface area contributed by atoms with Crippen molar-refractivity contribution in [1.82, 2.24) is 9.80 Å². The van der Waals surface area contributed by atoms with Crippen molar-refractivity contribution >= 4 is 23.3 Å². The number of hydrogen-bond donors (Lipinski definition) is 2. The van der Waals surface area contributed by atoms with E-state index >= 15 is 0 Å². The number of nitrogens with one attached hydrogen (secondary N) is 2. The molecule has 0 aliphatic carbocycles. The molecule has 0 bridgehead atoms. The molecule has 3 amide bonds. The summed E-state index contributed by atoms with van der Waals surface area (Å²) in [6.45, 7) is 2.21. The Balaban J connectivity index is 1.33. The number of para-hydroxylation sites is 1. The first kappa shape index (κ1) is 23.4. The van der Waals surface area contributed by atoms with E-state index in [9.17, 15) is 18.4 Å². The second-order valence-electron chi connectivity index (χ2n) is 8.13. The maximum absolute atomic E-state index is 13.8. The van der Waals surface area contributed by atoms with E-state index in [1.54, 1.807) is 4.90 Å². The van der Waals surface area contributed by atoms with Crippen LogP contribution in [0, 0.1) is 11.6 Å². The van der Waals surface area contributed by atoms with Gasteiger partial charge < -0.3 is 15.5 Å². The fraction of sp³-hybridized carbons (Fsp3) is 0.231. The molecule has 0 unspecified atom stereocenters. The molecule has 0 atom stereocenters. The average Bonchev–Trinajstić information content (AvgIpc) is 3.07. The van der Waals surface area contributed by atoms with Crippen molar-refractivity contribution in [2.45, 2.75) is 6.42 Å². The molecule has 3 aromatic carbocycles. The van der Waals surface area contributed by atoms with E-state index < -0.39 is 11.6 Å². The van der Waals surface area contributed by atoms with Crippen molar-refractivity contribution in [1.29, 1.82) is 0 Å². The number of nitrogens with zero attached hydrogens (tertiary/aromatic N) is 2. The van der Waals surface area contributed by atoms with Crippen LogP contribution in [0.4, 0.5) is 25.0 Å². The number of hydrogen-bond acceptors (Lipinski definition) is 3. The summed E-state index contributed by atoms with van der Waals surface area (Å²) in [4.78, 5) is 29.0. The summed E-state index contributed by atoms with van der Waals surface area (Å²) in [5.74, 6) is -1.91. The molecule has 1 fully saturated rings. The van der Waals surface area contributed by atoms with Gasteiger partial charge in [0.1, 0.15) is 11.6 Å². The van der Waals surface area contributed by atoms with Crippen molar-refractivity contribution in [3.63, 3.8) is 0 Å². The molecule has 0 aromatic heterocycles. The van der Waals surface area contributed by atoms with E-state index in [0.717, 1.165) is 28.9 Å². The minimum absolute atomic E-state index is 0.0562. The Morgan fingerprint density at radius 2 is 1.56 bits per heavy atom. The van der Waals surface area contributed by atoms with Crippen molar-refractivity contribution in [3.05, 3.63) is 84.4 Å². The lowest BCUT2D eigenvalue weighted by Gasteiger charge is -2.23. The lowest BCUT2D eigenvalue weighted by atomic mass is 10.0. The van der Waals surface area contributed by atoms with Gasteiger partial charge in [-0.25, -0.2) is 13.6 Å². The van der Waals surface area contributed by atoms with Crippen LogP contribution in [0.3, 0.4) is 0 Å². The average molecular weight is 465 g/mol. The molecule has 8 heteroatoms. The molecule has 6 nitrogen and oxygen atoms in total. The van der Waals surface area contributed by atoms with Gasteiger partial charge in [-0.3, -0.25) is 9.69 Å². The van der Waals surface area contributed by atoms with Crippen LogP contribution < -0.4 is 10.6 Å². The first-order chi connectivity index (χ1) is 16.5. The van der Waals surface area contributed by atoms with Gasteiger partial charge in [-0.15, -0.1) is 0 Å². The van der Waals surface area contributed by atoms with Gasteiger partial charge in [0.05, 0.1) is 17.9 Å². The van der Waals surface area contributed by atoms with Gasteiger partial charge in [0.2, 0.25) is 5.91 Å². The number of urea groups is 1. The zero-order valence-electron chi connectivity index (χ0n) is 18.6. The van der Waals surface area contributed by atoms with E-state index in [1.165, 1.54) is 6.07 Å². The van der Waals surface area contributed by atoms with Crippen LogP contribution in [0.25, 0.3) is 11.1 Å². The van der Waals surface area contributed by atoms with Gasteiger partial charge in [0.15, 0.2) is 0 Å². The summed E-state index contributed by atoms with van der Waals surface area (Å²) in [5.41, 5.74) is 2.64. The molecule has 3 aromatic rings. The van der Waals surface area contributed by atoms with Crippen LogP contribution >= 0.6 is 0 Å². The molecule has 1 saturated heterocycles. The van der Waals surface area contributed by atoms with Crippen LogP contribution in [-0.2, 0) is 4.79 Å². The Bertz CT molecular complexity index is 1160. The smallest absolute Gasteiger partial charge is 0.321 e. The maximum Gasteiger partial charge on any atom is 0.321 e. The second kappa shape index (κ2) is 10.9. The Labute approximate surface area is 197 Å². The lowest BCUT2D eigenvalue weighted by Crippen LogP contribution is -2.39. The van der Waals surface area contributed by atoms with Crippen molar-refractivity contribution < 1.29 is 18.4 Å². The summed E-state index contributed by atoms with van der Waals surface area (Å²) in [6.07, 6.45) is 0.700. The monoisotopic (exact) mass is 464 g/mol. The van der Waals surface area contributed by atoms with Crippen molar-refractivity contribution in [2.75, 3.05) is 43.4 Å². The first-order valence-corrected chi connectivity index (χ1v) is 11.2. The molecule has 0 radical (unpaired) electrons. The zero-order valence-corrected chi connectivity index (χ0v) is 18.6. The minimum Gasteiger partial charge on any atom is -0.323 e. The summed E-state index contributed by atoms with van der Waals surface area (Å²) < 4.78 is 26.8. The third kappa shape index (κ3) is 5.96. The van der Waals surface area contributed by atoms with E-state index in [4.69, 9.17) is 0 Å². The number of carbonyl (C=O) groups excluding carboxylic acids is 2. The largest absolute Gasteiger partial charge is 0.323 e. The number of rotatable bonds is 5. The maximum atomic E-state index is 13.8. The quantitative estimate of drug-likeness (QED) is 0.570. The van der Waals surface area contributed by atoms with E-state index in [1.807, 2.05) is 59.5 Å². The van der Waals surface area contributed by atoms with Gasteiger partial charge in [0.25, 0.3) is 0 Å². The van der Waals surface area contributed by atoms with Gasteiger partial charge in [-0.2, -0.15) is 0 Å². The Hall–Kier alpha value is -3.78. The highest BCUT2D eigenvalue weighted by Gasteiger charge is 2.21. The van der Waals surface area contributed by atoms with Crippen LogP contribution in [0.5, 0.6) is 0 Å². The van der Waals surface area contributed by atoms with Crippen molar-refractivity contribution in [3.8, 4) is 11.1 Å². The third-order valence-electron chi connectivity index (χ3n) is 5.70. The summed E-state index contributed by atoms with van der Waals surface area (Å²) >= 11 is 0. The highest BCUT2D eigenvalue weighted by atomic mass is 19.1. The molecule has 0 spiro atoms. The Kier molecular flexibility index (Phi) is 7.49. The predicted molar refractivity (Wildman–Crippen MR) is 129 cm³/mol. The van der Waals surface area contributed by atoms with Crippen LogP contribution in [-0.4, -0.2) is 54.5 Å². The van der Waals surface area contributed by atoms with Gasteiger partial charge >= 0.3 is 6.03 Å². The molecule has 34 heavy (non-hydrogen) atoms. The molecule has 2 N–H and O–H groups in total. The topological polar surface area (TPSA) is 64.7 Å². The van der Waals surface area contributed by atoms with Crippen LogP contribution in [0.2, 0.25) is 0 Å². The van der Waals surface area contributed by atoms with E-state index in [-0.39, 0.29) is 24.2 Å². The molecule has 1 aliphatic heterocycles. The normalized spacial score (nSPS) is 14.4. The summed E-state index contributed by atoms with van der Waals surface area (Å²) in [6, 6.07) is 20.4. The zero-order chi connectivity index (χ0) is 23.9. The fourth-order valence-electron chi connectivity index (χ4n) is 3.97. The van der Waals surface area contributed by atoms with Crippen LogP contribution in [0.15, 0.2) is 72.8 Å². The fourth-order valence-corrected chi connectivity index (χ4v) is 3.97. The number of anilines is 2. The molecule has 1 heterocycles. The standard InChI is InChI=1S/C26H26F2N4O2/c27-20-11-12-24(22(28)17-20)29-25(33)18-31-13-6-14-32(16-15-31)26(34)30-23-10-5-4-9-21(23)19-7-2-1-3-8-19/h1-5,7-12,17H,6,13-16,18H2,(H,29,33)(H,30,34). The molecule has 1 aliphatic rings. The lowest BCUT2D eigenvalue weighted by molar-refractivity contribution is -0.117. The van der Waals surface area contributed by atoms with E-state index in [2.05, 4.69) is 10.6 Å². The Morgan fingerprint density at radius 1 is 0.794 bits per heavy atom. The molecule has 0 saturated carbocycles. The Morgan fingerprint density at radius 3 is 2.35 bits per heavy atom. The number of halogens is 2. The number of amides is 3. The summed E-state index contributed by atoms with van der Waals surface area (Å²) in [5, 5.41) is 5.50. The second-order valence-corrected chi connectivity index (χ2v) is 8.13. The molecular formula is C26H26F2N4O2. The van der Waals surface area contributed by atoms with E-state index in [0.29, 0.717) is 32.6 Å². The van der Waals surface area contributed by atoms with Gasteiger partial charge in [-0.05, 0) is 30.2 Å². The minimum atomic E-state index is -0.817. The molecule has 176 valence electrons. The third-order valence-corrected chi connectivity index (χ3v) is 5.70. The molecular weight excluding hydrogens is 438 g/mol. The SMILES string of the molecule is O=C(CN1CCCN(C(=O)Nc2ccccc2-c2ccccc2)CC1)Nc1ccc(F)cc1F. The molecule has 4 rings (SSSR count). The predicted octanol–water partition coefficient (Wildman–Crippen LogP) is 4.81. The number of carbonyl (C=O) groups is 2. The number of benzene rings is 3. The summed E-state index contributed by atoms with van der Waals surface area (Å²) in [7, 11) is 0. The highest BCUT2D eigenvalue weighted by Crippen LogP contribution is 2.27. The van der Waals surface area contributed by atoms with Crippen molar-refractivity contribution in [2.24, 2.45) is 0 Å². The van der Waals surface area contributed by atoms with Gasteiger partial charge in [-0.1, -0.05) is 48.5 Å².